The lowest BCUT2D eigenvalue weighted by atomic mass is 10.1. The quantitative estimate of drug-likeness (QED) is 0.879. The number of nitrogens with one attached hydrogen (secondary N) is 1. The Kier molecular flexibility index (Phi) is 4.04. The van der Waals surface area contributed by atoms with Crippen molar-refractivity contribution in [2.75, 3.05) is 7.05 Å². The number of halogens is 1. The molecule has 2 rings (SSSR count). The van der Waals surface area contributed by atoms with E-state index in [1.54, 1.807) is 12.3 Å². The van der Waals surface area contributed by atoms with E-state index in [-0.39, 0.29) is 11.9 Å². The Morgan fingerprint density at radius 1 is 1.39 bits per heavy atom. The van der Waals surface area contributed by atoms with E-state index in [1.807, 2.05) is 13.2 Å². The van der Waals surface area contributed by atoms with Crippen LogP contribution in [0.4, 0.5) is 4.39 Å². The minimum atomic E-state index is -0.316. The van der Waals surface area contributed by atoms with Crippen LogP contribution in [0.5, 0.6) is 0 Å². The molecule has 4 nitrogen and oxygen atoms in total. The highest BCUT2D eigenvalue weighted by atomic mass is 19.1. The summed E-state index contributed by atoms with van der Waals surface area (Å²) in [5, 5.41) is 3.19. The Labute approximate surface area is 106 Å². The summed E-state index contributed by atoms with van der Waals surface area (Å²) in [5.74, 6) is 0.687. The lowest BCUT2D eigenvalue weighted by molar-refractivity contribution is 0.536. The number of imidazole rings is 1. The Bertz CT molecular complexity index is 492. The predicted octanol–water partition coefficient (Wildman–Crippen LogP) is 1.94. The molecule has 5 heteroatoms. The summed E-state index contributed by atoms with van der Waals surface area (Å²) in [6, 6.07) is 3.17. The highest BCUT2D eigenvalue weighted by Crippen LogP contribution is 2.15. The molecular weight excluding hydrogens is 231 g/mol. The van der Waals surface area contributed by atoms with Gasteiger partial charge in [0, 0.05) is 25.4 Å². The van der Waals surface area contributed by atoms with Gasteiger partial charge in [-0.1, -0.05) is 0 Å². The molecule has 2 aromatic heterocycles. The molecule has 0 aliphatic heterocycles. The van der Waals surface area contributed by atoms with Crippen LogP contribution < -0.4 is 5.32 Å². The summed E-state index contributed by atoms with van der Waals surface area (Å²) in [6.07, 6.45) is 5.73. The molecule has 0 saturated heterocycles. The first kappa shape index (κ1) is 12.7. The van der Waals surface area contributed by atoms with E-state index in [2.05, 4.69) is 26.8 Å². The fourth-order valence-corrected chi connectivity index (χ4v) is 1.95. The van der Waals surface area contributed by atoms with Crippen molar-refractivity contribution < 1.29 is 4.39 Å². The number of pyridine rings is 1. The average Bonchev–Trinajstić information content (AvgIpc) is 2.84. The van der Waals surface area contributed by atoms with Crippen LogP contribution in [0.3, 0.4) is 0 Å². The summed E-state index contributed by atoms with van der Waals surface area (Å²) in [6.45, 7) is 2.97. The predicted molar refractivity (Wildman–Crippen MR) is 67.6 cm³/mol. The van der Waals surface area contributed by atoms with Gasteiger partial charge in [-0.15, -0.1) is 0 Å². The zero-order valence-electron chi connectivity index (χ0n) is 10.6. The van der Waals surface area contributed by atoms with Crippen LogP contribution in [0.15, 0.2) is 30.7 Å². The molecule has 0 aromatic carbocycles. The van der Waals surface area contributed by atoms with E-state index >= 15 is 0 Å². The van der Waals surface area contributed by atoms with Gasteiger partial charge in [0.2, 0.25) is 0 Å². The van der Waals surface area contributed by atoms with Crippen molar-refractivity contribution in [3.63, 3.8) is 0 Å². The first-order valence-corrected chi connectivity index (χ1v) is 6.03. The van der Waals surface area contributed by atoms with Crippen molar-refractivity contribution in [3.05, 3.63) is 48.1 Å². The van der Waals surface area contributed by atoms with E-state index in [9.17, 15) is 4.39 Å². The van der Waals surface area contributed by atoms with Crippen molar-refractivity contribution in [3.8, 4) is 0 Å². The summed E-state index contributed by atoms with van der Waals surface area (Å²) in [7, 11) is 1.87. The van der Waals surface area contributed by atoms with Gasteiger partial charge in [-0.05, 0) is 26.1 Å². The number of hydrogen-bond donors (Lipinski definition) is 1. The molecule has 18 heavy (non-hydrogen) atoms. The highest BCUT2D eigenvalue weighted by Gasteiger charge is 2.14. The van der Waals surface area contributed by atoms with Crippen molar-refractivity contribution in [1.82, 2.24) is 19.9 Å². The fourth-order valence-electron chi connectivity index (χ4n) is 1.95. The molecule has 1 N–H and O–H groups in total. The first-order valence-electron chi connectivity index (χ1n) is 6.03. The van der Waals surface area contributed by atoms with Crippen molar-refractivity contribution in [2.45, 2.75) is 25.9 Å². The second-order valence-corrected chi connectivity index (χ2v) is 4.08. The molecule has 0 aliphatic carbocycles. The number of hydrogen-bond acceptors (Lipinski definition) is 3. The smallest absolute Gasteiger partial charge is 0.141 e. The molecule has 1 unspecified atom stereocenters. The molecule has 0 saturated carbocycles. The molecule has 0 fully saturated rings. The number of aromatic nitrogens is 3. The first-order chi connectivity index (χ1) is 8.74. The van der Waals surface area contributed by atoms with Crippen molar-refractivity contribution in [1.29, 1.82) is 0 Å². The van der Waals surface area contributed by atoms with E-state index in [4.69, 9.17) is 0 Å². The Balaban J connectivity index is 2.17. The average molecular weight is 248 g/mol. The van der Waals surface area contributed by atoms with Crippen LogP contribution in [0.1, 0.15) is 24.5 Å². The third kappa shape index (κ3) is 2.73. The molecule has 0 radical (unpaired) electrons. The number of nitrogens with zero attached hydrogens (tertiary/aromatic N) is 3. The minimum absolute atomic E-state index is 0.0401. The Morgan fingerprint density at radius 2 is 2.22 bits per heavy atom. The second kappa shape index (κ2) is 5.73. The van der Waals surface area contributed by atoms with E-state index in [1.165, 1.54) is 12.3 Å². The van der Waals surface area contributed by atoms with Crippen LogP contribution in [0.25, 0.3) is 0 Å². The van der Waals surface area contributed by atoms with Gasteiger partial charge in [-0.3, -0.25) is 4.98 Å². The SMILES string of the molecule is CCn1ccnc1CC(NC)c1ccc(F)cn1. The molecule has 0 bridgehead atoms. The molecule has 0 aliphatic rings. The number of aryl methyl sites for hydroxylation is 1. The van der Waals surface area contributed by atoms with Gasteiger partial charge < -0.3 is 9.88 Å². The molecule has 0 amide bonds. The third-order valence-corrected chi connectivity index (χ3v) is 2.98. The minimum Gasteiger partial charge on any atom is -0.335 e. The van der Waals surface area contributed by atoms with Crippen molar-refractivity contribution in [2.24, 2.45) is 0 Å². The van der Waals surface area contributed by atoms with Crippen LogP contribution >= 0.6 is 0 Å². The number of rotatable bonds is 5. The highest BCUT2D eigenvalue weighted by molar-refractivity contribution is 5.12. The fraction of sp³-hybridized carbons (Fsp3) is 0.385. The molecule has 1 atom stereocenters. The van der Waals surface area contributed by atoms with Gasteiger partial charge in [0.1, 0.15) is 11.6 Å². The van der Waals surface area contributed by atoms with Gasteiger partial charge in [0.15, 0.2) is 0 Å². The third-order valence-electron chi connectivity index (χ3n) is 2.98. The summed E-state index contributed by atoms with van der Waals surface area (Å²) < 4.78 is 14.9. The molecule has 2 heterocycles. The maximum atomic E-state index is 12.9. The van der Waals surface area contributed by atoms with Gasteiger partial charge in [0.05, 0.1) is 17.9 Å². The van der Waals surface area contributed by atoms with Crippen LogP contribution in [-0.2, 0) is 13.0 Å². The number of likely N-dealkylation sites (N-methyl/N-ethyl adjacent to an activating group) is 1. The van der Waals surface area contributed by atoms with Crippen LogP contribution in [0.2, 0.25) is 0 Å². The zero-order valence-corrected chi connectivity index (χ0v) is 10.6. The van der Waals surface area contributed by atoms with Gasteiger partial charge in [-0.25, -0.2) is 9.37 Å². The van der Waals surface area contributed by atoms with E-state index in [0.717, 1.165) is 24.5 Å². The van der Waals surface area contributed by atoms with E-state index < -0.39 is 0 Å². The van der Waals surface area contributed by atoms with Crippen molar-refractivity contribution >= 4 is 0 Å². The molecular formula is C13H17FN4. The lowest BCUT2D eigenvalue weighted by Crippen LogP contribution is -2.21. The van der Waals surface area contributed by atoms with Gasteiger partial charge in [0.25, 0.3) is 0 Å². The summed E-state index contributed by atoms with van der Waals surface area (Å²) >= 11 is 0. The zero-order chi connectivity index (χ0) is 13.0. The topological polar surface area (TPSA) is 42.7 Å². The lowest BCUT2D eigenvalue weighted by Gasteiger charge is -2.15. The Hall–Kier alpha value is -1.75. The van der Waals surface area contributed by atoms with E-state index in [0.29, 0.717) is 0 Å². The maximum absolute atomic E-state index is 12.9. The monoisotopic (exact) mass is 248 g/mol. The summed E-state index contributed by atoms with van der Waals surface area (Å²) in [5.41, 5.74) is 0.824. The van der Waals surface area contributed by atoms with Gasteiger partial charge in [-0.2, -0.15) is 0 Å². The molecule has 96 valence electrons. The van der Waals surface area contributed by atoms with Crippen LogP contribution in [-0.4, -0.2) is 21.6 Å². The van der Waals surface area contributed by atoms with Gasteiger partial charge >= 0.3 is 0 Å². The molecule has 2 aromatic rings. The summed E-state index contributed by atoms with van der Waals surface area (Å²) in [4.78, 5) is 8.45. The standard InChI is InChI=1S/C13H17FN4/c1-3-18-7-6-16-13(18)8-12(15-2)11-5-4-10(14)9-17-11/h4-7,9,12,15H,3,8H2,1-2H3. The molecule has 0 spiro atoms. The normalized spacial score (nSPS) is 12.6. The largest absolute Gasteiger partial charge is 0.335 e. The maximum Gasteiger partial charge on any atom is 0.141 e. The van der Waals surface area contributed by atoms with Crippen LogP contribution in [0, 0.1) is 5.82 Å². The second-order valence-electron chi connectivity index (χ2n) is 4.08. The Morgan fingerprint density at radius 3 is 2.83 bits per heavy atom.